The van der Waals surface area contributed by atoms with E-state index < -0.39 is 8.25 Å². The molecule has 2 heterocycles. The molecular weight excluding hydrogens is 754 g/mol. The second-order valence-corrected chi connectivity index (χ2v) is 12.8. The van der Waals surface area contributed by atoms with Crippen molar-refractivity contribution in [2.45, 2.75) is 0 Å². The van der Waals surface area contributed by atoms with Gasteiger partial charge in [0.05, 0.1) is 23.8 Å². The van der Waals surface area contributed by atoms with Gasteiger partial charge < -0.3 is 40.9 Å². The van der Waals surface area contributed by atoms with Crippen LogP contribution in [0.1, 0.15) is 20.7 Å². The summed E-state index contributed by atoms with van der Waals surface area (Å²) in [6, 6.07) is 27.1. The largest absolute Gasteiger partial charge is 0.419 e. The highest BCUT2D eigenvalue weighted by Gasteiger charge is 2.16. The Bertz CT molecular complexity index is 2160. The number of hydrogen-bond acceptors (Lipinski definition) is 13. The topological polar surface area (TPSA) is 193 Å². The zero-order valence-electron chi connectivity index (χ0n) is 28.5. The van der Waals surface area contributed by atoms with Crippen LogP contribution in [-0.4, -0.2) is 45.8 Å². The standard InChI is InChI=1S/C36H31Cl2N10O5P/c1-39-33(49)21-11-15-23(16-12-21)43-35-41-19-25(37)31(47-35)45-27-7-3-5-9-29(27)52-54(51)53-30-10-6-4-8-28(30)46-32-26(38)20-42-36(48-32)44-24-17-13-22(14-18-24)34(50)40-2/h3-20,54H,1-2H3,(H,39,49)(H,40,50)(H2,41,43,45,47)(H2,42,44,46,48). The van der Waals surface area contributed by atoms with Crippen LogP contribution >= 0.6 is 31.5 Å². The summed E-state index contributed by atoms with van der Waals surface area (Å²) in [6.45, 7) is 0. The highest BCUT2D eigenvalue weighted by atomic mass is 35.5. The van der Waals surface area contributed by atoms with Gasteiger partial charge in [-0.25, -0.2) is 14.5 Å². The number of hydrogen-bond donors (Lipinski definition) is 6. The maximum atomic E-state index is 13.3. The highest BCUT2D eigenvalue weighted by molar-refractivity contribution is 7.34. The van der Waals surface area contributed by atoms with Gasteiger partial charge in [0.1, 0.15) is 10.0 Å². The first-order chi connectivity index (χ1) is 26.2. The fraction of sp³-hybridized carbons (Fsp3) is 0.0556. The Labute approximate surface area is 319 Å². The summed E-state index contributed by atoms with van der Waals surface area (Å²) in [7, 11) is -0.0825. The van der Waals surface area contributed by atoms with Crippen molar-refractivity contribution in [2.24, 2.45) is 0 Å². The lowest BCUT2D eigenvalue weighted by molar-refractivity contribution is 0.0955. The van der Waals surface area contributed by atoms with Crippen molar-refractivity contribution in [3.8, 4) is 11.5 Å². The van der Waals surface area contributed by atoms with E-state index in [0.717, 1.165) is 0 Å². The quantitative estimate of drug-likeness (QED) is 0.0581. The van der Waals surface area contributed by atoms with Gasteiger partial charge in [0.25, 0.3) is 11.8 Å². The summed E-state index contributed by atoms with van der Waals surface area (Å²) in [5.41, 5.74) is 3.12. The number of carbonyl (C=O) groups excluding carboxylic acids is 2. The third-order valence-electron chi connectivity index (χ3n) is 7.42. The van der Waals surface area contributed by atoms with E-state index >= 15 is 0 Å². The summed E-state index contributed by atoms with van der Waals surface area (Å²) >= 11 is 12.9. The SMILES string of the molecule is CNC(=O)c1ccc(Nc2ncc(Cl)c(Nc3ccccc3O[PH](=O)Oc3ccccc3Nc3nc(Nc4ccc(C(=O)NC)cc4)ncc3Cl)n2)cc1. The van der Waals surface area contributed by atoms with E-state index in [4.69, 9.17) is 32.2 Å². The van der Waals surface area contributed by atoms with Crippen LogP contribution in [0.25, 0.3) is 0 Å². The Balaban J connectivity index is 1.12. The van der Waals surface area contributed by atoms with Gasteiger partial charge in [-0.15, -0.1) is 0 Å². The van der Waals surface area contributed by atoms with Gasteiger partial charge in [-0.1, -0.05) is 47.5 Å². The summed E-state index contributed by atoms with van der Waals surface area (Å²) < 4.78 is 24.9. The van der Waals surface area contributed by atoms with Gasteiger partial charge in [0.15, 0.2) is 23.1 Å². The van der Waals surface area contributed by atoms with E-state index in [-0.39, 0.29) is 56.9 Å². The Morgan fingerprint density at radius 1 is 0.574 bits per heavy atom. The molecule has 0 bridgehead atoms. The molecule has 0 fully saturated rings. The van der Waals surface area contributed by atoms with Gasteiger partial charge >= 0.3 is 8.25 Å². The minimum absolute atomic E-state index is 0.203. The molecule has 0 saturated carbocycles. The van der Waals surface area contributed by atoms with E-state index in [1.54, 1.807) is 111 Å². The summed E-state index contributed by atoms with van der Waals surface area (Å²) in [5, 5.41) is 18.0. The summed E-state index contributed by atoms with van der Waals surface area (Å²) in [4.78, 5) is 41.2. The van der Waals surface area contributed by atoms with Crippen LogP contribution < -0.4 is 40.9 Å². The maximum Gasteiger partial charge on any atom is 0.419 e. The molecule has 0 unspecified atom stereocenters. The van der Waals surface area contributed by atoms with Crippen molar-refractivity contribution in [1.82, 2.24) is 30.6 Å². The van der Waals surface area contributed by atoms with Gasteiger partial charge in [-0.2, -0.15) is 9.97 Å². The van der Waals surface area contributed by atoms with Crippen molar-refractivity contribution in [2.75, 3.05) is 35.4 Å². The number of aromatic nitrogens is 4. The third kappa shape index (κ3) is 9.52. The second-order valence-electron chi connectivity index (χ2n) is 11.0. The van der Waals surface area contributed by atoms with E-state index in [0.29, 0.717) is 33.9 Å². The lowest BCUT2D eigenvalue weighted by atomic mass is 10.2. The van der Waals surface area contributed by atoms with Crippen LogP contribution in [0.15, 0.2) is 109 Å². The molecule has 0 aliphatic heterocycles. The Kier molecular flexibility index (Phi) is 12.0. The molecule has 2 aromatic heterocycles. The van der Waals surface area contributed by atoms with Gasteiger partial charge in [-0.05, 0) is 72.8 Å². The van der Waals surface area contributed by atoms with Crippen molar-refractivity contribution < 1.29 is 23.2 Å². The molecular formula is C36H31Cl2N10O5P. The van der Waals surface area contributed by atoms with E-state index in [9.17, 15) is 14.2 Å². The number of para-hydroxylation sites is 4. The number of nitrogens with zero attached hydrogens (tertiary/aromatic N) is 4. The lowest BCUT2D eigenvalue weighted by Gasteiger charge is -2.16. The lowest BCUT2D eigenvalue weighted by Crippen LogP contribution is -2.17. The molecule has 0 saturated heterocycles. The molecule has 6 rings (SSSR count). The monoisotopic (exact) mass is 784 g/mol. The number of carbonyl (C=O) groups is 2. The first-order valence-corrected chi connectivity index (χ1v) is 18.0. The predicted octanol–water partition coefficient (Wildman–Crippen LogP) is 8.11. The molecule has 54 heavy (non-hydrogen) atoms. The normalized spacial score (nSPS) is 10.6. The number of rotatable bonds is 14. The zero-order chi connectivity index (χ0) is 38.0. The molecule has 15 nitrogen and oxygen atoms in total. The number of anilines is 8. The van der Waals surface area contributed by atoms with Crippen LogP contribution in [0.2, 0.25) is 10.0 Å². The van der Waals surface area contributed by atoms with E-state index in [2.05, 4.69) is 51.8 Å². The summed E-state index contributed by atoms with van der Waals surface area (Å²) in [6.07, 6.45) is 2.85. The molecule has 0 radical (unpaired) electrons. The molecule has 0 atom stereocenters. The van der Waals surface area contributed by atoms with E-state index in [1.165, 1.54) is 12.4 Å². The molecule has 0 aliphatic rings. The molecule has 274 valence electrons. The smallest absolute Gasteiger partial charge is 0.416 e. The third-order valence-corrected chi connectivity index (χ3v) is 8.74. The van der Waals surface area contributed by atoms with Gasteiger partial charge in [-0.3, -0.25) is 9.59 Å². The fourth-order valence-electron chi connectivity index (χ4n) is 4.76. The average molecular weight is 786 g/mol. The molecule has 0 spiro atoms. The fourth-order valence-corrected chi connectivity index (χ4v) is 5.79. The van der Waals surface area contributed by atoms with E-state index in [1.807, 2.05) is 0 Å². The average Bonchev–Trinajstić information content (AvgIpc) is 3.19. The van der Waals surface area contributed by atoms with Crippen LogP contribution in [0.5, 0.6) is 11.5 Å². The van der Waals surface area contributed by atoms with Crippen molar-refractivity contribution in [3.63, 3.8) is 0 Å². The van der Waals surface area contributed by atoms with Crippen LogP contribution in [0, 0.1) is 0 Å². The van der Waals surface area contributed by atoms with Crippen LogP contribution in [-0.2, 0) is 4.57 Å². The van der Waals surface area contributed by atoms with Gasteiger partial charge in [0.2, 0.25) is 11.9 Å². The highest BCUT2D eigenvalue weighted by Crippen LogP contribution is 2.40. The molecule has 18 heteroatoms. The number of nitrogens with one attached hydrogen (secondary N) is 6. The van der Waals surface area contributed by atoms with Crippen LogP contribution in [0.3, 0.4) is 0 Å². The minimum Gasteiger partial charge on any atom is -0.416 e. The predicted molar refractivity (Wildman–Crippen MR) is 210 cm³/mol. The number of amides is 2. The first-order valence-electron chi connectivity index (χ1n) is 16.0. The molecule has 4 aromatic carbocycles. The molecule has 0 aliphatic carbocycles. The maximum absolute atomic E-state index is 13.3. The Morgan fingerprint density at radius 2 is 0.963 bits per heavy atom. The minimum atomic E-state index is -3.20. The van der Waals surface area contributed by atoms with Crippen molar-refractivity contribution in [1.29, 1.82) is 0 Å². The second kappa shape index (κ2) is 17.4. The number of benzene rings is 4. The summed E-state index contributed by atoms with van der Waals surface area (Å²) in [5.74, 6) is 0.972. The number of halogens is 2. The first kappa shape index (κ1) is 37.4. The zero-order valence-corrected chi connectivity index (χ0v) is 31.0. The Morgan fingerprint density at radius 3 is 1.35 bits per heavy atom. The molecule has 6 aromatic rings. The van der Waals surface area contributed by atoms with Crippen LogP contribution in [0.4, 0.5) is 46.3 Å². The van der Waals surface area contributed by atoms with Crippen molar-refractivity contribution >= 4 is 89.6 Å². The molecule has 6 N–H and O–H groups in total. The van der Waals surface area contributed by atoms with Gasteiger partial charge in [0, 0.05) is 36.6 Å². The molecule has 2 amide bonds. The Hall–Kier alpha value is -6.41. The van der Waals surface area contributed by atoms with Crippen molar-refractivity contribution in [3.05, 3.63) is 131 Å².